The number of amides is 1. The molecule has 1 aromatic carbocycles. The molecule has 3 nitrogen and oxygen atoms in total. The van der Waals surface area contributed by atoms with Gasteiger partial charge in [0.2, 0.25) is 5.91 Å². The summed E-state index contributed by atoms with van der Waals surface area (Å²) in [5, 5.41) is 2.71. The van der Waals surface area contributed by atoms with Gasteiger partial charge in [-0.1, -0.05) is 12.1 Å². The highest BCUT2D eigenvalue weighted by molar-refractivity contribution is 9.10. The molecule has 0 saturated heterocycles. The molecule has 0 aliphatic heterocycles. The fourth-order valence-electron chi connectivity index (χ4n) is 1.09. The Hall–Kier alpha value is -1.03. The van der Waals surface area contributed by atoms with Crippen LogP contribution < -0.4 is 10.1 Å². The molecule has 1 atom stereocenters. The van der Waals surface area contributed by atoms with E-state index in [-0.39, 0.29) is 12.0 Å². The van der Waals surface area contributed by atoms with Gasteiger partial charge in [-0.3, -0.25) is 4.79 Å². The lowest BCUT2D eigenvalue weighted by Gasteiger charge is -2.15. The molecule has 1 unspecified atom stereocenters. The average Bonchev–Trinajstić information content (AvgIpc) is 2.18. The second-order valence-electron chi connectivity index (χ2n) is 3.30. The van der Waals surface area contributed by atoms with Gasteiger partial charge in [-0.25, -0.2) is 0 Å². The van der Waals surface area contributed by atoms with Crippen molar-refractivity contribution in [2.75, 3.05) is 6.54 Å². The number of benzene rings is 1. The van der Waals surface area contributed by atoms with E-state index in [1.165, 1.54) is 6.92 Å². The van der Waals surface area contributed by atoms with Crippen LogP contribution >= 0.6 is 15.9 Å². The summed E-state index contributed by atoms with van der Waals surface area (Å²) in [5.74, 6) is 0.743. The molecule has 82 valence electrons. The van der Waals surface area contributed by atoms with E-state index < -0.39 is 0 Å². The molecule has 0 spiro atoms. The minimum absolute atomic E-state index is 0.0439. The van der Waals surface area contributed by atoms with Crippen LogP contribution in [0.3, 0.4) is 0 Å². The molecule has 0 aromatic heterocycles. The van der Waals surface area contributed by atoms with E-state index >= 15 is 0 Å². The zero-order valence-electron chi connectivity index (χ0n) is 8.79. The molecule has 15 heavy (non-hydrogen) atoms. The van der Waals surface area contributed by atoms with Gasteiger partial charge in [0.05, 0.1) is 11.0 Å². The summed E-state index contributed by atoms with van der Waals surface area (Å²) in [4.78, 5) is 10.7. The molecule has 1 amide bonds. The largest absolute Gasteiger partial charge is 0.488 e. The molecule has 1 rings (SSSR count). The van der Waals surface area contributed by atoms with Gasteiger partial charge in [-0.05, 0) is 35.0 Å². The highest BCUT2D eigenvalue weighted by atomic mass is 79.9. The third-order valence-corrected chi connectivity index (χ3v) is 2.46. The van der Waals surface area contributed by atoms with Crippen LogP contribution in [0, 0.1) is 0 Å². The highest BCUT2D eigenvalue weighted by Gasteiger charge is 2.06. The minimum Gasteiger partial charge on any atom is -0.488 e. The quantitative estimate of drug-likeness (QED) is 0.913. The number of carbonyl (C=O) groups excluding carboxylic acids is 1. The number of rotatable bonds is 4. The number of hydrogen-bond acceptors (Lipinski definition) is 2. The van der Waals surface area contributed by atoms with Crippen molar-refractivity contribution in [3.8, 4) is 5.75 Å². The first kappa shape index (κ1) is 12.0. The van der Waals surface area contributed by atoms with Crippen LogP contribution in [0.1, 0.15) is 13.8 Å². The number of para-hydroxylation sites is 1. The molecule has 0 aliphatic carbocycles. The molecule has 0 bridgehead atoms. The summed E-state index contributed by atoms with van der Waals surface area (Å²) in [6.07, 6.45) is -0.0485. The average molecular weight is 272 g/mol. The maximum atomic E-state index is 10.7. The molecule has 0 radical (unpaired) electrons. The lowest BCUT2D eigenvalue weighted by Crippen LogP contribution is -2.31. The molecular formula is C11H14BrNO2. The van der Waals surface area contributed by atoms with Gasteiger partial charge in [0.15, 0.2) is 0 Å². The Morgan fingerprint density at radius 1 is 1.53 bits per heavy atom. The summed E-state index contributed by atoms with van der Waals surface area (Å²) in [7, 11) is 0. The van der Waals surface area contributed by atoms with Gasteiger partial charge in [0.1, 0.15) is 11.9 Å². The van der Waals surface area contributed by atoms with Gasteiger partial charge in [-0.15, -0.1) is 0 Å². The third-order valence-electron chi connectivity index (χ3n) is 1.80. The maximum Gasteiger partial charge on any atom is 0.217 e. The van der Waals surface area contributed by atoms with E-state index in [0.717, 1.165) is 10.2 Å². The van der Waals surface area contributed by atoms with Crippen LogP contribution in [0.2, 0.25) is 0 Å². The number of halogens is 1. The van der Waals surface area contributed by atoms with Crippen LogP contribution in [0.4, 0.5) is 0 Å². The number of hydrogen-bond donors (Lipinski definition) is 1. The molecule has 0 saturated carbocycles. The number of ether oxygens (including phenoxy) is 1. The van der Waals surface area contributed by atoms with Crippen molar-refractivity contribution in [1.29, 1.82) is 0 Å². The van der Waals surface area contributed by atoms with Crippen molar-refractivity contribution >= 4 is 21.8 Å². The predicted octanol–water partition coefficient (Wildman–Crippen LogP) is 2.35. The molecule has 1 N–H and O–H groups in total. The normalized spacial score (nSPS) is 11.9. The summed E-state index contributed by atoms with van der Waals surface area (Å²) < 4.78 is 6.55. The van der Waals surface area contributed by atoms with E-state index in [0.29, 0.717) is 6.54 Å². The van der Waals surface area contributed by atoms with Crippen LogP contribution in [0.15, 0.2) is 28.7 Å². The molecular weight excluding hydrogens is 258 g/mol. The standard InChI is InChI=1S/C11H14BrNO2/c1-8(7-13-9(2)14)15-11-6-4-3-5-10(11)12/h3-6,8H,7H2,1-2H3,(H,13,14). The van der Waals surface area contributed by atoms with Crippen LogP contribution in [0.5, 0.6) is 5.75 Å². The molecule has 0 heterocycles. The molecule has 0 fully saturated rings. The van der Waals surface area contributed by atoms with Crippen LogP contribution in [0.25, 0.3) is 0 Å². The lowest BCUT2D eigenvalue weighted by molar-refractivity contribution is -0.119. The topological polar surface area (TPSA) is 38.3 Å². The Kier molecular flexibility index (Phi) is 4.62. The van der Waals surface area contributed by atoms with Crippen molar-refractivity contribution in [3.05, 3.63) is 28.7 Å². The van der Waals surface area contributed by atoms with Gasteiger partial charge >= 0.3 is 0 Å². The zero-order chi connectivity index (χ0) is 11.3. The van der Waals surface area contributed by atoms with Crippen LogP contribution in [-0.4, -0.2) is 18.6 Å². The van der Waals surface area contributed by atoms with Crippen molar-refractivity contribution in [2.24, 2.45) is 0 Å². The van der Waals surface area contributed by atoms with E-state index in [2.05, 4.69) is 21.2 Å². The monoisotopic (exact) mass is 271 g/mol. The van der Waals surface area contributed by atoms with E-state index in [4.69, 9.17) is 4.74 Å². The van der Waals surface area contributed by atoms with Crippen molar-refractivity contribution in [3.63, 3.8) is 0 Å². The van der Waals surface area contributed by atoms with E-state index in [1.807, 2.05) is 31.2 Å². The Labute approximate surface area is 97.9 Å². The van der Waals surface area contributed by atoms with Gasteiger partial charge in [0.25, 0.3) is 0 Å². The smallest absolute Gasteiger partial charge is 0.217 e. The SMILES string of the molecule is CC(=O)NCC(C)Oc1ccccc1Br. The van der Waals surface area contributed by atoms with E-state index in [9.17, 15) is 4.79 Å². The summed E-state index contributed by atoms with van der Waals surface area (Å²) >= 11 is 3.39. The second kappa shape index (κ2) is 5.75. The number of carbonyl (C=O) groups is 1. The summed E-state index contributed by atoms with van der Waals surface area (Å²) in [5.41, 5.74) is 0. The first-order chi connectivity index (χ1) is 7.09. The molecule has 1 aromatic rings. The van der Waals surface area contributed by atoms with Crippen molar-refractivity contribution in [1.82, 2.24) is 5.32 Å². The summed E-state index contributed by atoms with van der Waals surface area (Å²) in [6, 6.07) is 7.63. The first-order valence-corrected chi connectivity index (χ1v) is 5.54. The van der Waals surface area contributed by atoms with E-state index in [1.54, 1.807) is 0 Å². The van der Waals surface area contributed by atoms with Gasteiger partial charge in [-0.2, -0.15) is 0 Å². The molecule has 4 heteroatoms. The lowest BCUT2D eigenvalue weighted by atomic mass is 10.3. The Bertz CT molecular complexity index is 341. The Balaban J connectivity index is 2.47. The second-order valence-corrected chi connectivity index (χ2v) is 4.15. The first-order valence-electron chi connectivity index (χ1n) is 4.75. The molecule has 0 aliphatic rings. The van der Waals surface area contributed by atoms with Crippen molar-refractivity contribution < 1.29 is 9.53 Å². The fourth-order valence-corrected chi connectivity index (χ4v) is 1.46. The fraction of sp³-hybridized carbons (Fsp3) is 0.364. The number of nitrogens with one attached hydrogen (secondary N) is 1. The maximum absolute atomic E-state index is 10.7. The van der Waals surface area contributed by atoms with Crippen molar-refractivity contribution in [2.45, 2.75) is 20.0 Å². The predicted molar refractivity (Wildman–Crippen MR) is 62.9 cm³/mol. The highest BCUT2D eigenvalue weighted by Crippen LogP contribution is 2.24. The Morgan fingerprint density at radius 3 is 2.80 bits per heavy atom. The van der Waals surface area contributed by atoms with Gasteiger partial charge < -0.3 is 10.1 Å². The minimum atomic E-state index is -0.0485. The third kappa shape index (κ3) is 4.34. The van der Waals surface area contributed by atoms with Gasteiger partial charge in [0, 0.05) is 6.92 Å². The summed E-state index contributed by atoms with van der Waals surface area (Å²) in [6.45, 7) is 3.91. The van der Waals surface area contributed by atoms with Crippen LogP contribution in [-0.2, 0) is 4.79 Å². The zero-order valence-corrected chi connectivity index (χ0v) is 10.4. The Morgan fingerprint density at radius 2 is 2.20 bits per heavy atom.